The van der Waals surface area contributed by atoms with E-state index in [0.717, 1.165) is 0 Å². The summed E-state index contributed by atoms with van der Waals surface area (Å²) in [6.07, 6.45) is 22.7. The van der Waals surface area contributed by atoms with Gasteiger partial charge in [0.2, 0.25) is 0 Å². The van der Waals surface area contributed by atoms with Crippen LogP contribution in [0.15, 0.2) is 11.1 Å². The quantitative estimate of drug-likeness (QED) is 0.148. The standard InChI is InChI=1S/C25H50N/c1-5-7-9-11-13-17-21-26(4,22-18-14-12-10-8-6-2)23-25-20-16-15-19-24(25)3/h5-23H2,1-4H3/q+1. The van der Waals surface area contributed by atoms with Gasteiger partial charge in [-0.3, -0.25) is 0 Å². The van der Waals surface area contributed by atoms with Crippen LogP contribution in [-0.2, 0) is 0 Å². The van der Waals surface area contributed by atoms with Crippen LogP contribution in [0.5, 0.6) is 0 Å². The van der Waals surface area contributed by atoms with Crippen molar-refractivity contribution in [2.45, 2.75) is 124 Å². The van der Waals surface area contributed by atoms with Gasteiger partial charge in [-0.15, -0.1) is 0 Å². The van der Waals surface area contributed by atoms with Crippen molar-refractivity contribution in [1.29, 1.82) is 0 Å². The molecule has 0 atom stereocenters. The molecular formula is C25H50N+. The van der Waals surface area contributed by atoms with Gasteiger partial charge < -0.3 is 4.48 Å². The van der Waals surface area contributed by atoms with Gasteiger partial charge in [0.05, 0.1) is 20.1 Å². The number of hydrogen-bond acceptors (Lipinski definition) is 0. The summed E-state index contributed by atoms with van der Waals surface area (Å²) in [4.78, 5) is 0. The van der Waals surface area contributed by atoms with Crippen molar-refractivity contribution in [1.82, 2.24) is 0 Å². The molecule has 1 nitrogen and oxygen atoms in total. The summed E-state index contributed by atoms with van der Waals surface area (Å²) in [6, 6.07) is 0. The van der Waals surface area contributed by atoms with Gasteiger partial charge in [0, 0.05) is 0 Å². The van der Waals surface area contributed by atoms with E-state index in [1.807, 2.05) is 5.57 Å². The van der Waals surface area contributed by atoms with Crippen LogP contribution in [0.25, 0.3) is 0 Å². The highest BCUT2D eigenvalue weighted by atomic mass is 15.3. The fourth-order valence-electron chi connectivity index (χ4n) is 4.61. The molecule has 154 valence electrons. The Balaban J connectivity index is 2.44. The molecule has 0 saturated carbocycles. The summed E-state index contributed by atoms with van der Waals surface area (Å²) in [6.45, 7) is 11.2. The average Bonchev–Trinajstić information content (AvgIpc) is 2.63. The molecular weight excluding hydrogens is 314 g/mol. The first-order valence-electron chi connectivity index (χ1n) is 12.1. The molecule has 0 aromatic heterocycles. The second-order valence-electron chi connectivity index (χ2n) is 9.35. The summed E-state index contributed by atoms with van der Waals surface area (Å²) in [5.74, 6) is 0. The van der Waals surface area contributed by atoms with E-state index >= 15 is 0 Å². The smallest absolute Gasteiger partial charge is 0.100 e. The van der Waals surface area contributed by atoms with Gasteiger partial charge >= 0.3 is 0 Å². The van der Waals surface area contributed by atoms with Crippen LogP contribution in [0.2, 0.25) is 0 Å². The van der Waals surface area contributed by atoms with E-state index in [1.165, 1.54) is 127 Å². The van der Waals surface area contributed by atoms with Gasteiger partial charge in [-0.1, -0.05) is 70.8 Å². The highest BCUT2D eigenvalue weighted by Crippen LogP contribution is 2.27. The molecule has 26 heavy (non-hydrogen) atoms. The molecule has 0 aliphatic heterocycles. The largest absolute Gasteiger partial charge is 0.323 e. The molecule has 0 unspecified atom stereocenters. The van der Waals surface area contributed by atoms with Crippen LogP contribution in [0.3, 0.4) is 0 Å². The first-order chi connectivity index (χ1) is 12.6. The molecule has 0 fully saturated rings. The van der Waals surface area contributed by atoms with Crippen molar-refractivity contribution in [3.63, 3.8) is 0 Å². The first-order valence-corrected chi connectivity index (χ1v) is 12.1. The molecule has 1 heteroatoms. The Labute approximate surface area is 166 Å². The molecule has 0 aromatic carbocycles. The fraction of sp³-hybridized carbons (Fsp3) is 0.920. The maximum Gasteiger partial charge on any atom is 0.100 e. The molecule has 0 aromatic rings. The first kappa shape index (κ1) is 23.7. The molecule has 0 N–H and O–H groups in total. The van der Waals surface area contributed by atoms with E-state index in [2.05, 4.69) is 27.8 Å². The number of quaternary nitrogens is 1. The zero-order chi connectivity index (χ0) is 19.1. The molecule has 0 heterocycles. The second-order valence-corrected chi connectivity index (χ2v) is 9.35. The van der Waals surface area contributed by atoms with Gasteiger partial charge in [0.1, 0.15) is 6.54 Å². The number of hydrogen-bond donors (Lipinski definition) is 0. The zero-order valence-electron chi connectivity index (χ0n) is 18.9. The Morgan fingerprint density at radius 1 is 0.654 bits per heavy atom. The lowest BCUT2D eigenvalue weighted by atomic mass is 9.91. The third kappa shape index (κ3) is 10.8. The van der Waals surface area contributed by atoms with Crippen molar-refractivity contribution in [3.05, 3.63) is 11.1 Å². The van der Waals surface area contributed by atoms with Gasteiger partial charge in [0.25, 0.3) is 0 Å². The second kappa shape index (κ2) is 14.7. The number of allylic oxidation sites excluding steroid dienone is 1. The van der Waals surface area contributed by atoms with E-state index in [4.69, 9.17) is 0 Å². The highest BCUT2D eigenvalue weighted by molar-refractivity contribution is 5.15. The number of likely N-dealkylation sites (N-methyl/N-ethyl adjacent to an activating group) is 1. The van der Waals surface area contributed by atoms with Crippen molar-refractivity contribution in [2.75, 3.05) is 26.7 Å². The Morgan fingerprint density at radius 2 is 1.12 bits per heavy atom. The molecule has 0 spiro atoms. The van der Waals surface area contributed by atoms with E-state index in [9.17, 15) is 0 Å². The Hall–Kier alpha value is -0.300. The van der Waals surface area contributed by atoms with Gasteiger partial charge in [0.15, 0.2) is 0 Å². The highest BCUT2D eigenvalue weighted by Gasteiger charge is 2.24. The molecule has 1 aliphatic carbocycles. The molecule has 0 saturated heterocycles. The van der Waals surface area contributed by atoms with Gasteiger partial charge in [-0.05, 0) is 63.9 Å². The van der Waals surface area contributed by atoms with Crippen LogP contribution >= 0.6 is 0 Å². The van der Waals surface area contributed by atoms with Crippen LogP contribution in [0.1, 0.15) is 124 Å². The maximum atomic E-state index is 2.56. The normalized spacial score (nSPS) is 15.7. The van der Waals surface area contributed by atoms with Gasteiger partial charge in [-0.25, -0.2) is 0 Å². The summed E-state index contributed by atoms with van der Waals surface area (Å²) in [5, 5.41) is 0. The van der Waals surface area contributed by atoms with Crippen molar-refractivity contribution >= 4 is 0 Å². The predicted octanol–water partition coefficient (Wildman–Crippen LogP) is 8.04. The predicted molar refractivity (Wildman–Crippen MR) is 119 cm³/mol. The summed E-state index contributed by atoms with van der Waals surface area (Å²) in [7, 11) is 2.56. The average molecular weight is 365 g/mol. The maximum absolute atomic E-state index is 2.56. The lowest BCUT2D eigenvalue weighted by Gasteiger charge is -2.37. The SMILES string of the molecule is CCCCCCCC[N+](C)(CCCCCCCC)CC1=C(C)CCCC1. The fourth-order valence-corrected chi connectivity index (χ4v) is 4.61. The lowest BCUT2D eigenvalue weighted by Crippen LogP contribution is -2.47. The van der Waals surface area contributed by atoms with Crippen LogP contribution in [-0.4, -0.2) is 31.2 Å². The van der Waals surface area contributed by atoms with Crippen LogP contribution in [0, 0.1) is 0 Å². The third-order valence-corrected chi connectivity index (χ3v) is 6.56. The topological polar surface area (TPSA) is 0 Å². The van der Waals surface area contributed by atoms with Crippen molar-refractivity contribution in [2.24, 2.45) is 0 Å². The van der Waals surface area contributed by atoms with E-state index in [0.29, 0.717) is 0 Å². The minimum atomic E-state index is 1.31. The minimum Gasteiger partial charge on any atom is -0.323 e. The van der Waals surface area contributed by atoms with Gasteiger partial charge in [-0.2, -0.15) is 0 Å². The summed E-state index contributed by atoms with van der Waals surface area (Å²) in [5.41, 5.74) is 3.54. The Morgan fingerprint density at radius 3 is 1.62 bits per heavy atom. The summed E-state index contributed by atoms with van der Waals surface area (Å²) >= 11 is 0. The number of nitrogens with zero attached hydrogens (tertiary/aromatic N) is 1. The van der Waals surface area contributed by atoms with Crippen LogP contribution in [0.4, 0.5) is 0 Å². The Kier molecular flexibility index (Phi) is 13.4. The minimum absolute atomic E-state index is 1.31. The molecule has 1 rings (SSSR count). The number of rotatable bonds is 16. The summed E-state index contributed by atoms with van der Waals surface area (Å²) < 4.78 is 1.31. The third-order valence-electron chi connectivity index (χ3n) is 6.56. The zero-order valence-corrected chi connectivity index (χ0v) is 18.9. The van der Waals surface area contributed by atoms with E-state index in [1.54, 1.807) is 5.57 Å². The molecule has 0 radical (unpaired) electrons. The van der Waals surface area contributed by atoms with Crippen molar-refractivity contribution < 1.29 is 4.48 Å². The van der Waals surface area contributed by atoms with Crippen molar-refractivity contribution in [3.8, 4) is 0 Å². The molecule has 0 bridgehead atoms. The number of unbranched alkanes of at least 4 members (excludes halogenated alkanes) is 10. The Bertz CT molecular complexity index is 352. The monoisotopic (exact) mass is 364 g/mol. The van der Waals surface area contributed by atoms with E-state index in [-0.39, 0.29) is 0 Å². The van der Waals surface area contributed by atoms with Crippen LogP contribution < -0.4 is 0 Å². The molecule has 0 amide bonds. The lowest BCUT2D eigenvalue weighted by molar-refractivity contribution is -0.905. The van der Waals surface area contributed by atoms with E-state index < -0.39 is 0 Å². The molecule has 1 aliphatic rings.